The number of nitrogens with one attached hydrogen (secondary N) is 1. The van der Waals surface area contributed by atoms with Crippen LogP contribution < -0.4 is 5.32 Å². The average Bonchev–Trinajstić information content (AvgIpc) is 2.83. The molecule has 5 nitrogen and oxygen atoms in total. The fraction of sp³-hybridized carbons (Fsp3) is 0.818. The van der Waals surface area contributed by atoms with E-state index >= 15 is 0 Å². The van der Waals surface area contributed by atoms with Crippen molar-refractivity contribution >= 4 is 23.6 Å². The van der Waals surface area contributed by atoms with E-state index in [9.17, 15) is 18.4 Å². The highest BCUT2D eigenvalue weighted by Crippen LogP contribution is 2.47. The van der Waals surface area contributed by atoms with Gasteiger partial charge in [0.25, 0.3) is 6.43 Å². The predicted octanol–water partition coefficient (Wildman–Crippen LogP) is 0.183. The molecule has 2 aliphatic heterocycles. The summed E-state index contributed by atoms with van der Waals surface area (Å²) in [4.78, 5) is 24.9. The maximum atomic E-state index is 12.1. The predicted molar refractivity (Wildman–Crippen MR) is 65.8 cm³/mol. The van der Waals surface area contributed by atoms with Crippen LogP contribution in [-0.2, 0) is 9.59 Å². The molecule has 2 rings (SSSR count). The molecule has 0 aromatic heterocycles. The van der Waals surface area contributed by atoms with Crippen molar-refractivity contribution in [3.05, 3.63) is 0 Å². The van der Waals surface area contributed by atoms with E-state index in [1.807, 2.05) is 6.92 Å². The molecule has 19 heavy (non-hydrogen) atoms. The minimum atomic E-state index is -2.89. The number of hydrogen-bond acceptors (Lipinski definition) is 4. The minimum absolute atomic E-state index is 0.0814. The number of thioether (sulfide) groups is 1. The Hall–Kier alpha value is -0.890. The van der Waals surface area contributed by atoms with Crippen molar-refractivity contribution in [1.82, 2.24) is 10.2 Å². The van der Waals surface area contributed by atoms with E-state index in [0.29, 0.717) is 18.6 Å². The molecule has 2 heterocycles. The van der Waals surface area contributed by atoms with Crippen LogP contribution in [0.1, 0.15) is 19.8 Å². The number of amides is 2. The number of rotatable bonds is 4. The van der Waals surface area contributed by atoms with E-state index in [0.717, 1.165) is 0 Å². The summed E-state index contributed by atoms with van der Waals surface area (Å²) >= 11 is 1.53. The Labute approximate surface area is 113 Å². The first-order valence-electron chi connectivity index (χ1n) is 6.05. The summed E-state index contributed by atoms with van der Waals surface area (Å²) in [5.74, 6) is -0.105. The lowest BCUT2D eigenvalue weighted by Gasteiger charge is -2.30. The molecular weight excluding hydrogens is 278 g/mol. The van der Waals surface area contributed by atoms with Crippen molar-refractivity contribution in [3.63, 3.8) is 0 Å². The van der Waals surface area contributed by atoms with E-state index in [2.05, 4.69) is 5.32 Å². The first kappa shape index (κ1) is 14.5. The fourth-order valence-electron chi connectivity index (χ4n) is 2.43. The van der Waals surface area contributed by atoms with Crippen LogP contribution in [0.4, 0.5) is 8.78 Å². The standard InChI is InChI=1S/C11H16F2N2O3S/c1-11-3-2-8(17)15(11)6(5-19-11)10(18)14-4-7(16)9(12)13/h6-7,9,16H,2-5H2,1H3,(H,14,18). The van der Waals surface area contributed by atoms with Crippen LogP contribution in [0, 0.1) is 0 Å². The Bertz CT molecular complexity index is 396. The third-order valence-electron chi connectivity index (χ3n) is 3.52. The number of halogens is 2. The van der Waals surface area contributed by atoms with Gasteiger partial charge in [-0.2, -0.15) is 0 Å². The van der Waals surface area contributed by atoms with Gasteiger partial charge in [0, 0.05) is 18.7 Å². The molecule has 0 aliphatic carbocycles. The second kappa shape index (κ2) is 5.24. The van der Waals surface area contributed by atoms with E-state index in [1.165, 1.54) is 11.8 Å². The van der Waals surface area contributed by atoms with E-state index in [4.69, 9.17) is 5.11 Å². The lowest BCUT2D eigenvalue weighted by Crippen LogP contribution is -2.51. The molecule has 2 amide bonds. The zero-order valence-electron chi connectivity index (χ0n) is 10.4. The van der Waals surface area contributed by atoms with Crippen LogP contribution in [0.3, 0.4) is 0 Å². The van der Waals surface area contributed by atoms with Crippen molar-refractivity contribution in [1.29, 1.82) is 0 Å². The summed E-state index contributed by atoms with van der Waals surface area (Å²) in [5, 5.41) is 11.2. The van der Waals surface area contributed by atoms with Crippen LogP contribution in [0.2, 0.25) is 0 Å². The van der Waals surface area contributed by atoms with Gasteiger partial charge >= 0.3 is 0 Å². The van der Waals surface area contributed by atoms with Crippen molar-refractivity contribution in [2.24, 2.45) is 0 Å². The Balaban J connectivity index is 1.95. The highest BCUT2D eigenvalue weighted by Gasteiger charge is 2.52. The Morgan fingerprint density at radius 3 is 3.00 bits per heavy atom. The molecule has 0 bridgehead atoms. The summed E-state index contributed by atoms with van der Waals surface area (Å²) in [5.41, 5.74) is 0. The van der Waals surface area contributed by atoms with Crippen LogP contribution >= 0.6 is 11.8 Å². The van der Waals surface area contributed by atoms with Gasteiger partial charge in [-0.25, -0.2) is 8.78 Å². The first-order valence-corrected chi connectivity index (χ1v) is 7.04. The maximum Gasteiger partial charge on any atom is 0.265 e. The zero-order valence-corrected chi connectivity index (χ0v) is 11.3. The molecule has 108 valence electrons. The second-order valence-electron chi connectivity index (χ2n) is 4.91. The maximum absolute atomic E-state index is 12.1. The van der Waals surface area contributed by atoms with Gasteiger partial charge in [0.05, 0.1) is 4.87 Å². The SMILES string of the molecule is CC12CCC(=O)N1C(C(=O)NCC(O)C(F)F)CS2. The fourth-order valence-corrected chi connectivity index (χ4v) is 3.86. The van der Waals surface area contributed by atoms with E-state index < -0.39 is 31.0 Å². The molecule has 3 atom stereocenters. The molecule has 0 spiro atoms. The van der Waals surface area contributed by atoms with Crippen molar-refractivity contribution < 1.29 is 23.5 Å². The number of carbonyl (C=O) groups is 2. The Morgan fingerprint density at radius 1 is 1.68 bits per heavy atom. The van der Waals surface area contributed by atoms with Crippen LogP contribution in [0.15, 0.2) is 0 Å². The molecule has 3 unspecified atom stereocenters. The molecule has 0 aromatic carbocycles. The average molecular weight is 294 g/mol. The number of nitrogens with zero attached hydrogens (tertiary/aromatic N) is 1. The topological polar surface area (TPSA) is 69.6 Å². The number of alkyl halides is 2. The van der Waals surface area contributed by atoms with Gasteiger partial charge in [-0.3, -0.25) is 9.59 Å². The summed E-state index contributed by atoms with van der Waals surface area (Å²) < 4.78 is 24.2. The van der Waals surface area contributed by atoms with Gasteiger partial charge < -0.3 is 15.3 Å². The highest BCUT2D eigenvalue weighted by molar-refractivity contribution is 8.01. The molecule has 0 saturated carbocycles. The second-order valence-corrected chi connectivity index (χ2v) is 6.41. The molecular formula is C11H16F2N2O3S. The molecule has 0 aromatic rings. The van der Waals surface area contributed by atoms with Gasteiger partial charge in [-0.15, -0.1) is 11.8 Å². The smallest absolute Gasteiger partial charge is 0.265 e. The van der Waals surface area contributed by atoms with E-state index in [1.54, 1.807) is 4.90 Å². The van der Waals surface area contributed by atoms with Gasteiger partial charge in [0.2, 0.25) is 11.8 Å². The monoisotopic (exact) mass is 294 g/mol. The van der Waals surface area contributed by atoms with Crippen LogP contribution in [-0.4, -0.2) is 57.6 Å². The number of fused-ring (bicyclic) bond motifs is 1. The van der Waals surface area contributed by atoms with Crippen LogP contribution in [0.25, 0.3) is 0 Å². The van der Waals surface area contributed by atoms with Crippen LogP contribution in [0.5, 0.6) is 0 Å². The lowest BCUT2D eigenvalue weighted by molar-refractivity contribution is -0.138. The summed E-state index contributed by atoms with van der Waals surface area (Å²) in [7, 11) is 0. The zero-order chi connectivity index (χ0) is 14.2. The number of hydrogen-bond donors (Lipinski definition) is 2. The summed E-state index contributed by atoms with van der Waals surface area (Å²) in [6, 6.07) is -0.630. The Morgan fingerprint density at radius 2 is 2.37 bits per heavy atom. The number of carbonyl (C=O) groups excluding carboxylic acids is 2. The number of aliphatic hydroxyl groups is 1. The molecule has 2 N–H and O–H groups in total. The van der Waals surface area contributed by atoms with Gasteiger partial charge in [-0.05, 0) is 13.3 Å². The number of aliphatic hydroxyl groups excluding tert-OH is 1. The van der Waals surface area contributed by atoms with Gasteiger partial charge in [-0.1, -0.05) is 0 Å². The molecule has 8 heteroatoms. The molecule has 2 saturated heterocycles. The van der Waals surface area contributed by atoms with Crippen molar-refractivity contribution in [3.8, 4) is 0 Å². The third kappa shape index (κ3) is 2.69. The molecule has 2 fully saturated rings. The largest absolute Gasteiger partial charge is 0.385 e. The van der Waals surface area contributed by atoms with Crippen molar-refractivity contribution in [2.75, 3.05) is 12.3 Å². The van der Waals surface area contributed by atoms with E-state index in [-0.39, 0.29) is 10.8 Å². The third-order valence-corrected chi connectivity index (χ3v) is 5.03. The summed E-state index contributed by atoms with van der Waals surface area (Å²) in [6.07, 6.45) is -3.66. The molecule has 0 radical (unpaired) electrons. The summed E-state index contributed by atoms with van der Waals surface area (Å²) in [6.45, 7) is 1.40. The molecule has 2 aliphatic rings. The van der Waals surface area contributed by atoms with Crippen molar-refractivity contribution in [2.45, 2.75) is 43.2 Å². The van der Waals surface area contributed by atoms with Gasteiger partial charge in [0.15, 0.2) is 0 Å². The first-order chi connectivity index (χ1) is 8.85. The minimum Gasteiger partial charge on any atom is -0.385 e. The Kier molecular flexibility index (Phi) is 4.00. The van der Waals surface area contributed by atoms with Gasteiger partial charge in [0.1, 0.15) is 12.1 Å². The normalized spacial score (nSPS) is 31.7. The quantitative estimate of drug-likeness (QED) is 0.776. The lowest BCUT2D eigenvalue weighted by atomic mass is 10.2. The highest BCUT2D eigenvalue weighted by atomic mass is 32.2.